The van der Waals surface area contributed by atoms with Crippen molar-refractivity contribution in [3.05, 3.63) is 29.8 Å². The SMILES string of the molecule is Cc1nc(-c2cnccn2)nc2c1CC(=O)N2C[C@@H]1CCCO1. The van der Waals surface area contributed by atoms with Crippen LogP contribution in [-0.4, -0.2) is 45.1 Å². The molecule has 2 aromatic rings. The monoisotopic (exact) mass is 311 g/mol. The highest BCUT2D eigenvalue weighted by molar-refractivity contribution is 6.00. The molecule has 0 aromatic carbocycles. The fourth-order valence-corrected chi connectivity index (χ4v) is 3.09. The first-order valence-corrected chi connectivity index (χ1v) is 7.78. The van der Waals surface area contributed by atoms with E-state index < -0.39 is 0 Å². The minimum absolute atomic E-state index is 0.0594. The van der Waals surface area contributed by atoms with Crippen molar-refractivity contribution in [1.82, 2.24) is 19.9 Å². The lowest BCUT2D eigenvalue weighted by atomic mass is 10.2. The molecule has 7 nitrogen and oxygen atoms in total. The van der Waals surface area contributed by atoms with Gasteiger partial charge in [-0.15, -0.1) is 0 Å². The molecule has 1 fully saturated rings. The molecule has 1 atom stereocenters. The average Bonchev–Trinajstić information content (AvgIpc) is 3.18. The standard InChI is InChI=1S/C16H17N5O2/c1-10-12-7-14(22)21(9-11-3-2-6-23-11)16(12)20-15(19-10)13-8-17-4-5-18-13/h4-5,8,11H,2-3,6-7,9H2,1H3/t11-/m0/s1. The summed E-state index contributed by atoms with van der Waals surface area (Å²) < 4.78 is 5.66. The van der Waals surface area contributed by atoms with Gasteiger partial charge >= 0.3 is 0 Å². The van der Waals surface area contributed by atoms with E-state index in [0.717, 1.165) is 30.7 Å². The van der Waals surface area contributed by atoms with Gasteiger partial charge in [-0.3, -0.25) is 14.7 Å². The predicted molar refractivity (Wildman–Crippen MR) is 82.8 cm³/mol. The fourth-order valence-electron chi connectivity index (χ4n) is 3.09. The van der Waals surface area contributed by atoms with E-state index in [0.29, 0.717) is 30.3 Å². The highest BCUT2D eigenvalue weighted by Crippen LogP contribution is 2.31. The number of carbonyl (C=O) groups excluding carboxylic acids is 1. The Morgan fingerprint density at radius 2 is 2.26 bits per heavy atom. The molecule has 23 heavy (non-hydrogen) atoms. The third-order valence-corrected chi connectivity index (χ3v) is 4.28. The third-order valence-electron chi connectivity index (χ3n) is 4.28. The van der Waals surface area contributed by atoms with E-state index in [1.54, 1.807) is 23.5 Å². The van der Waals surface area contributed by atoms with Crippen molar-refractivity contribution in [3.8, 4) is 11.5 Å². The second kappa shape index (κ2) is 5.66. The lowest BCUT2D eigenvalue weighted by Crippen LogP contribution is -2.35. The largest absolute Gasteiger partial charge is 0.376 e. The summed E-state index contributed by atoms with van der Waals surface area (Å²) >= 11 is 0. The minimum Gasteiger partial charge on any atom is -0.376 e. The van der Waals surface area contributed by atoms with Crippen LogP contribution in [0, 0.1) is 6.92 Å². The average molecular weight is 311 g/mol. The van der Waals surface area contributed by atoms with Crippen molar-refractivity contribution in [2.45, 2.75) is 32.3 Å². The van der Waals surface area contributed by atoms with E-state index >= 15 is 0 Å². The maximum Gasteiger partial charge on any atom is 0.232 e. The molecule has 4 rings (SSSR count). The molecule has 0 bridgehead atoms. The lowest BCUT2D eigenvalue weighted by Gasteiger charge is -2.20. The number of anilines is 1. The van der Waals surface area contributed by atoms with Crippen LogP contribution >= 0.6 is 0 Å². The van der Waals surface area contributed by atoms with Gasteiger partial charge in [0.25, 0.3) is 0 Å². The number of rotatable bonds is 3. The molecule has 7 heteroatoms. The number of hydrogen-bond acceptors (Lipinski definition) is 6. The molecule has 118 valence electrons. The molecule has 0 radical (unpaired) electrons. The molecule has 1 saturated heterocycles. The molecule has 0 spiro atoms. The predicted octanol–water partition coefficient (Wildman–Crippen LogP) is 1.31. The summed E-state index contributed by atoms with van der Waals surface area (Å²) in [5, 5.41) is 0. The Hall–Kier alpha value is -2.41. The van der Waals surface area contributed by atoms with Crippen LogP contribution in [0.3, 0.4) is 0 Å². The molecule has 0 saturated carbocycles. The Balaban J connectivity index is 1.72. The summed E-state index contributed by atoms with van der Waals surface area (Å²) in [6.45, 7) is 3.23. The fraction of sp³-hybridized carbons (Fsp3) is 0.438. The molecule has 2 aliphatic rings. The third kappa shape index (κ3) is 2.57. The Morgan fingerprint density at radius 1 is 1.35 bits per heavy atom. The lowest BCUT2D eigenvalue weighted by molar-refractivity contribution is -0.117. The number of nitrogens with zero attached hydrogens (tertiary/aromatic N) is 5. The number of carbonyl (C=O) groups is 1. The van der Waals surface area contributed by atoms with Crippen molar-refractivity contribution in [1.29, 1.82) is 0 Å². The second-order valence-electron chi connectivity index (χ2n) is 5.84. The Kier molecular flexibility index (Phi) is 3.49. The van der Waals surface area contributed by atoms with Crippen molar-refractivity contribution in [2.24, 2.45) is 0 Å². The maximum atomic E-state index is 12.4. The molecule has 0 aliphatic carbocycles. The topological polar surface area (TPSA) is 81.1 Å². The van der Waals surface area contributed by atoms with Gasteiger partial charge in [0.05, 0.1) is 25.3 Å². The number of fused-ring (bicyclic) bond motifs is 1. The normalized spacial score (nSPS) is 20.1. The first-order chi connectivity index (χ1) is 11.2. The number of hydrogen-bond donors (Lipinski definition) is 0. The maximum absolute atomic E-state index is 12.4. The van der Waals surface area contributed by atoms with Gasteiger partial charge in [0.2, 0.25) is 5.91 Å². The number of aryl methyl sites for hydroxylation is 1. The van der Waals surface area contributed by atoms with E-state index in [9.17, 15) is 4.79 Å². The van der Waals surface area contributed by atoms with Crippen LogP contribution in [-0.2, 0) is 16.0 Å². The van der Waals surface area contributed by atoms with Gasteiger partial charge in [0.1, 0.15) is 11.5 Å². The smallest absolute Gasteiger partial charge is 0.232 e. The van der Waals surface area contributed by atoms with Gasteiger partial charge < -0.3 is 4.74 Å². The van der Waals surface area contributed by atoms with Gasteiger partial charge in [-0.25, -0.2) is 15.0 Å². The van der Waals surface area contributed by atoms with Crippen LogP contribution in [0.25, 0.3) is 11.5 Å². The number of aromatic nitrogens is 4. The van der Waals surface area contributed by atoms with E-state index in [1.165, 1.54) is 0 Å². The van der Waals surface area contributed by atoms with Crippen LogP contribution in [0.15, 0.2) is 18.6 Å². The summed E-state index contributed by atoms with van der Waals surface area (Å²) in [6.07, 6.45) is 7.33. The number of amides is 1. The summed E-state index contributed by atoms with van der Waals surface area (Å²) in [4.78, 5) is 31.5. The zero-order chi connectivity index (χ0) is 15.8. The van der Waals surface area contributed by atoms with Crippen LogP contribution < -0.4 is 4.90 Å². The minimum atomic E-state index is 0.0594. The molecule has 4 heterocycles. The summed E-state index contributed by atoms with van der Waals surface area (Å²) in [6, 6.07) is 0. The molecule has 2 aliphatic heterocycles. The molecule has 1 amide bonds. The highest BCUT2D eigenvalue weighted by Gasteiger charge is 2.34. The van der Waals surface area contributed by atoms with Crippen molar-refractivity contribution in [3.63, 3.8) is 0 Å². The number of ether oxygens (including phenoxy) is 1. The summed E-state index contributed by atoms with van der Waals surface area (Å²) in [5.41, 5.74) is 2.33. The van der Waals surface area contributed by atoms with Crippen LogP contribution in [0.5, 0.6) is 0 Å². The van der Waals surface area contributed by atoms with Gasteiger partial charge in [-0.2, -0.15) is 0 Å². The van der Waals surface area contributed by atoms with Crippen LogP contribution in [0.2, 0.25) is 0 Å². The van der Waals surface area contributed by atoms with E-state index in [2.05, 4.69) is 19.9 Å². The van der Waals surface area contributed by atoms with Crippen molar-refractivity contribution >= 4 is 11.7 Å². The van der Waals surface area contributed by atoms with Gasteiger partial charge in [-0.05, 0) is 19.8 Å². The Bertz CT molecular complexity index is 744. The van der Waals surface area contributed by atoms with Gasteiger partial charge in [-0.1, -0.05) is 0 Å². The molecule has 2 aromatic heterocycles. The van der Waals surface area contributed by atoms with Gasteiger partial charge in [0, 0.05) is 30.3 Å². The van der Waals surface area contributed by atoms with E-state index in [-0.39, 0.29) is 12.0 Å². The quantitative estimate of drug-likeness (QED) is 0.850. The van der Waals surface area contributed by atoms with Crippen LogP contribution in [0.1, 0.15) is 24.1 Å². The molecular weight excluding hydrogens is 294 g/mol. The zero-order valence-electron chi connectivity index (χ0n) is 12.9. The van der Waals surface area contributed by atoms with Crippen LogP contribution in [0.4, 0.5) is 5.82 Å². The Labute approximate surface area is 133 Å². The highest BCUT2D eigenvalue weighted by atomic mass is 16.5. The zero-order valence-corrected chi connectivity index (χ0v) is 12.9. The second-order valence-corrected chi connectivity index (χ2v) is 5.84. The molecule has 0 N–H and O–H groups in total. The first-order valence-electron chi connectivity index (χ1n) is 7.78. The summed E-state index contributed by atoms with van der Waals surface area (Å²) in [7, 11) is 0. The summed E-state index contributed by atoms with van der Waals surface area (Å²) in [5.74, 6) is 1.25. The van der Waals surface area contributed by atoms with Crippen molar-refractivity contribution < 1.29 is 9.53 Å². The Morgan fingerprint density at radius 3 is 3.00 bits per heavy atom. The molecular formula is C16H17N5O2. The first kappa shape index (κ1) is 14.2. The van der Waals surface area contributed by atoms with Crippen molar-refractivity contribution in [2.75, 3.05) is 18.1 Å². The molecule has 0 unspecified atom stereocenters. The van der Waals surface area contributed by atoms with Gasteiger partial charge in [0.15, 0.2) is 5.82 Å². The van der Waals surface area contributed by atoms with E-state index in [4.69, 9.17) is 4.74 Å². The van der Waals surface area contributed by atoms with E-state index in [1.807, 2.05) is 6.92 Å².